The maximum absolute atomic E-state index is 13.2. The number of amides is 1. The Hall–Kier alpha value is -2.61. The summed E-state index contributed by atoms with van der Waals surface area (Å²) in [6.07, 6.45) is 1.89. The molecule has 1 aromatic heterocycles. The van der Waals surface area contributed by atoms with E-state index in [-0.39, 0.29) is 17.6 Å². The Kier molecular flexibility index (Phi) is 5.41. The van der Waals surface area contributed by atoms with Gasteiger partial charge in [0.05, 0.1) is 27.9 Å². The van der Waals surface area contributed by atoms with Gasteiger partial charge in [0, 0.05) is 11.4 Å². The van der Waals surface area contributed by atoms with Crippen LogP contribution in [0, 0.1) is 0 Å². The molecule has 0 atom stereocenters. The molecule has 1 aliphatic carbocycles. The molecule has 0 aliphatic heterocycles. The molecule has 0 N–H and O–H groups in total. The zero-order valence-electron chi connectivity index (χ0n) is 14.9. The van der Waals surface area contributed by atoms with Gasteiger partial charge in [-0.3, -0.25) is 4.79 Å². The smallest absolute Gasteiger partial charge is 0.357 e. The van der Waals surface area contributed by atoms with E-state index in [0.29, 0.717) is 28.6 Å². The van der Waals surface area contributed by atoms with Crippen LogP contribution in [0.2, 0.25) is 0 Å². The first-order valence-electron chi connectivity index (χ1n) is 8.13. The standard InChI is InChI=1S/C18H20N2O5S/c1-23-13-5-4-6-14(24-2)16(13)17(21)20(11-7-8-11)9-15-19-12(10-26-15)18(22)25-3/h4-6,10-11H,7-9H2,1-3H3. The molecular weight excluding hydrogens is 356 g/mol. The van der Waals surface area contributed by atoms with Crippen molar-refractivity contribution < 1.29 is 23.8 Å². The van der Waals surface area contributed by atoms with Gasteiger partial charge in [-0.15, -0.1) is 11.3 Å². The summed E-state index contributed by atoms with van der Waals surface area (Å²) in [5.41, 5.74) is 0.653. The predicted octanol–water partition coefficient (Wildman–Crippen LogP) is 2.75. The van der Waals surface area contributed by atoms with E-state index in [1.165, 1.54) is 32.7 Å². The Morgan fingerprint density at radius 3 is 2.38 bits per heavy atom. The fraction of sp³-hybridized carbons (Fsp3) is 0.389. The van der Waals surface area contributed by atoms with Crippen LogP contribution in [0.25, 0.3) is 0 Å². The minimum absolute atomic E-state index is 0.155. The number of hydrogen-bond acceptors (Lipinski definition) is 7. The van der Waals surface area contributed by atoms with Gasteiger partial charge in [0.25, 0.3) is 5.91 Å². The van der Waals surface area contributed by atoms with E-state index in [0.717, 1.165) is 12.8 Å². The highest BCUT2D eigenvalue weighted by atomic mass is 32.1. The summed E-state index contributed by atoms with van der Waals surface area (Å²) in [5.74, 6) is 0.281. The van der Waals surface area contributed by atoms with Gasteiger partial charge >= 0.3 is 5.97 Å². The Morgan fingerprint density at radius 2 is 1.85 bits per heavy atom. The van der Waals surface area contributed by atoms with Crippen molar-refractivity contribution in [2.24, 2.45) is 0 Å². The minimum atomic E-state index is -0.483. The Morgan fingerprint density at radius 1 is 1.19 bits per heavy atom. The first-order valence-corrected chi connectivity index (χ1v) is 9.01. The van der Waals surface area contributed by atoms with E-state index < -0.39 is 5.97 Å². The second-order valence-electron chi connectivity index (χ2n) is 5.82. The van der Waals surface area contributed by atoms with Gasteiger partial charge in [-0.1, -0.05) is 6.07 Å². The van der Waals surface area contributed by atoms with Crippen molar-refractivity contribution in [1.29, 1.82) is 0 Å². The summed E-state index contributed by atoms with van der Waals surface area (Å²) >= 11 is 1.33. The van der Waals surface area contributed by atoms with Gasteiger partial charge in [0.15, 0.2) is 5.69 Å². The normalized spacial score (nSPS) is 13.2. The lowest BCUT2D eigenvalue weighted by atomic mass is 10.1. The van der Waals surface area contributed by atoms with Crippen LogP contribution in [0.5, 0.6) is 11.5 Å². The van der Waals surface area contributed by atoms with Crippen LogP contribution < -0.4 is 9.47 Å². The van der Waals surface area contributed by atoms with Crippen LogP contribution in [-0.4, -0.2) is 49.1 Å². The van der Waals surface area contributed by atoms with E-state index >= 15 is 0 Å². The zero-order chi connectivity index (χ0) is 18.7. The van der Waals surface area contributed by atoms with Crippen molar-refractivity contribution in [1.82, 2.24) is 9.88 Å². The summed E-state index contributed by atoms with van der Waals surface area (Å²) in [5, 5.41) is 2.32. The van der Waals surface area contributed by atoms with Crippen molar-refractivity contribution in [2.75, 3.05) is 21.3 Å². The van der Waals surface area contributed by atoms with E-state index in [4.69, 9.17) is 9.47 Å². The molecule has 26 heavy (non-hydrogen) atoms. The fourth-order valence-electron chi connectivity index (χ4n) is 2.69. The highest BCUT2D eigenvalue weighted by molar-refractivity contribution is 7.09. The molecule has 138 valence electrons. The largest absolute Gasteiger partial charge is 0.496 e. The van der Waals surface area contributed by atoms with Crippen LogP contribution >= 0.6 is 11.3 Å². The number of carbonyl (C=O) groups excluding carboxylic acids is 2. The van der Waals surface area contributed by atoms with Gasteiger partial charge in [-0.2, -0.15) is 0 Å². The first kappa shape index (κ1) is 18.2. The molecule has 0 bridgehead atoms. The number of rotatable bonds is 7. The van der Waals surface area contributed by atoms with E-state index in [2.05, 4.69) is 9.72 Å². The maximum atomic E-state index is 13.2. The number of hydrogen-bond donors (Lipinski definition) is 0. The van der Waals surface area contributed by atoms with Crippen LogP contribution in [0.4, 0.5) is 0 Å². The molecule has 2 aromatic rings. The van der Waals surface area contributed by atoms with Gasteiger partial charge in [0.2, 0.25) is 0 Å². The quantitative estimate of drug-likeness (QED) is 0.692. The zero-order valence-corrected chi connectivity index (χ0v) is 15.7. The number of nitrogens with zero attached hydrogens (tertiary/aromatic N) is 2. The third kappa shape index (κ3) is 3.65. The lowest BCUT2D eigenvalue weighted by Gasteiger charge is -2.23. The molecule has 0 radical (unpaired) electrons. The third-order valence-electron chi connectivity index (χ3n) is 4.14. The average Bonchev–Trinajstić information content (AvgIpc) is 3.41. The number of carbonyl (C=O) groups is 2. The number of methoxy groups -OCH3 is 3. The van der Waals surface area contributed by atoms with E-state index in [1.807, 2.05) is 0 Å². The topological polar surface area (TPSA) is 78.0 Å². The van der Waals surface area contributed by atoms with Crippen LogP contribution in [0.3, 0.4) is 0 Å². The highest BCUT2D eigenvalue weighted by Crippen LogP contribution is 2.35. The molecule has 1 aromatic carbocycles. The van der Waals surface area contributed by atoms with Crippen molar-refractivity contribution in [2.45, 2.75) is 25.4 Å². The average molecular weight is 376 g/mol. The van der Waals surface area contributed by atoms with E-state index in [1.54, 1.807) is 28.5 Å². The van der Waals surface area contributed by atoms with Gasteiger partial charge in [-0.25, -0.2) is 9.78 Å². The summed E-state index contributed by atoms with van der Waals surface area (Å²) in [6.45, 7) is 0.326. The number of ether oxygens (including phenoxy) is 3. The van der Waals surface area contributed by atoms with Gasteiger partial charge < -0.3 is 19.1 Å². The SMILES string of the molecule is COC(=O)c1csc(CN(C(=O)c2c(OC)cccc2OC)C2CC2)n1. The Balaban J connectivity index is 1.88. The highest BCUT2D eigenvalue weighted by Gasteiger charge is 2.36. The Labute approximate surface area is 155 Å². The Bertz CT molecular complexity index is 793. The van der Waals surface area contributed by atoms with Gasteiger partial charge in [0.1, 0.15) is 22.1 Å². The monoisotopic (exact) mass is 376 g/mol. The van der Waals surface area contributed by atoms with Crippen LogP contribution in [0.1, 0.15) is 38.7 Å². The maximum Gasteiger partial charge on any atom is 0.357 e. The third-order valence-corrected chi connectivity index (χ3v) is 4.98. The van der Waals surface area contributed by atoms with Gasteiger partial charge in [-0.05, 0) is 25.0 Å². The first-order chi connectivity index (χ1) is 12.6. The predicted molar refractivity (Wildman–Crippen MR) is 95.9 cm³/mol. The molecule has 1 heterocycles. The second-order valence-corrected chi connectivity index (χ2v) is 6.76. The van der Waals surface area contributed by atoms with Crippen LogP contribution in [-0.2, 0) is 11.3 Å². The summed E-state index contributed by atoms with van der Waals surface area (Å²) in [6, 6.07) is 5.40. The van der Waals surface area contributed by atoms with Crippen molar-refractivity contribution in [3.63, 3.8) is 0 Å². The molecule has 1 amide bonds. The molecule has 7 nitrogen and oxygen atoms in total. The molecule has 3 rings (SSSR count). The minimum Gasteiger partial charge on any atom is -0.496 e. The van der Waals surface area contributed by atoms with Crippen molar-refractivity contribution >= 4 is 23.2 Å². The molecule has 1 fully saturated rings. The van der Waals surface area contributed by atoms with E-state index in [9.17, 15) is 9.59 Å². The lowest BCUT2D eigenvalue weighted by molar-refractivity contribution is 0.0594. The molecule has 1 aliphatic rings. The second kappa shape index (κ2) is 7.74. The fourth-order valence-corrected chi connectivity index (χ4v) is 3.45. The molecule has 0 unspecified atom stereocenters. The van der Waals surface area contributed by atoms with Crippen molar-refractivity contribution in [3.8, 4) is 11.5 Å². The molecule has 8 heteroatoms. The lowest BCUT2D eigenvalue weighted by Crippen LogP contribution is -2.33. The summed E-state index contributed by atoms with van der Waals surface area (Å²) in [7, 11) is 4.36. The summed E-state index contributed by atoms with van der Waals surface area (Å²) < 4.78 is 15.4. The summed E-state index contributed by atoms with van der Waals surface area (Å²) in [4.78, 5) is 30.9. The van der Waals surface area contributed by atoms with Crippen LogP contribution in [0.15, 0.2) is 23.6 Å². The molecule has 0 saturated heterocycles. The number of benzene rings is 1. The van der Waals surface area contributed by atoms with Crippen molar-refractivity contribution in [3.05, 3.63) is 39.8 Å². The number of esters is 1. The molecule has 0 spiro atoms. The molecular formula is C18H20N2O5S. The number of thiazole rings is 1. The number of aromatic nitrogens is 1. The molecule has 1 saturated carbocycles.